The maximum absolute atomic E-state index is 14.2. The van der Waals surface area contributed by atoms with E-state index in [-0.39, 0.29) is 38.2 Å². The van der Waals surface area contributed by atoms with Crippen molar-refractivity contribution in [3.8, 4) is 34.3 Å². The lowest BCUT2D eigenvalue weighted by molar-refractivity contribution is 0.479. The van der Waals surface area contributed by atoms with Gasteiger partial charge in [-0.1, -0.05) is 114 Å². The number of aromatic amines is 1. The topological polar surface area (TPSA) is 133 Å². The molecule has 12 heteroatoms. The molecule has 0 radical (unpaired) electrons. The van der Waals surface area contributed by atoms with Gasteiger partial charge >= 0.3 is 20.2 Å². The minimum atomic E-state index is -4.45. The van der Waals surface area contributed by atoms with Crippen LogP contribution in [0.15, 0.2) is 155 Å². The molecule has 0 saturated carbocycles. The first-order valence-electron chi connectivity index (χ1n) is 19.4. The first-order valence-corrected chi connectivity index (χ1v) is 22.2. The van der Waals surface area contributed by atoms with Crippen LogP contribution in [0.4, 0.5) is 0 Å². The molecule has 2 aromatic heterocycles. The summed E-state index contributed by atoms with van der Waals surface area (Å²) in [5.74, 6) is 0.372. The molecular formula is C48H36N4O6S2. The second-order valence-electron chi connectivity index (χ2n) is 14.8. The predicted molar refractivity (Wildman–Crippen MR) is 236 cm³/mol. The second kappa shape index (κ2) is 14.1. The van der Waals surface area contributed by atoms with Gasteiger partial charge in [0.1, 0.15) is 21.4 Å². The van der Waals surface area contributed by atoms with E-state index in [4.69, 9.17) is 18.3 Å². The zero-order valence-corrected chi connectivity index (χ0v) is 34.3. The van der Waals surface area contributed by atoms with Crippen molar-refractivity contribution in [2.75, 3.05) is 0 Å². The minimum Gasteiger partial charge on any atom is -0.378 e. The molecule has 10 aromatic rings. The number of aromatic nitrogens is 4. The number of H-pyrrole nitrogens is 1. The number of nitrogens with one attached hydrogen (secondary N) is 1. The molecule has 0 bridgehead atoms. The lowest BCUT2D eigenvalue weighted by atomic mass is 10.0. The van der Waals surface area contributed by atoms with Crippen LogP contribution in [-0.2, 0) is 26.8 Å². The standard InChI is InChI=1S/C48H36N4O6S2/c1-4-52-46-34-12-6-5-11-31(34)21-26-41(46)49-48(52)40-28-42(57-59(53,54)32-22-17-29(2)18-23-32)39(27-43(40)58-60(55,56)33-24-19-30(3)20-25-33)47-50-44-37-15-9-7-13-35(37)36-14-8-10-16-38(36)45(44)51-47/h5-28H,4H2,1-3H3,(H,50,51). The number of benzene rings is 8. The molecule has 60 heavy (non-hydrogen) atoms. The van der Waals surface area contributed by atoms with Gasteiger partial charge in [-0.05, 0) is 79.4 Å². The van der Waals surface area contributed by atoms with E-state index in [2.05, 4.69) is 4.98 Å². The summed E-state index contributed by atoms with van der Waals surface area (Å²) in [5.41, 5.74) is 4.94. The molecule has 0 aliphatic heterocycles. The first-order chi connectivity index (χ1) is 29.0. The summed E-state index contributed by atoms with van der Waals surface area (Å²) in [6.45, 7) is 6.13. The maximum Gasteiger partial charge on any atom is 0.339 e. The Bertz CT molecular complexity index is 3510. The zero-order chi connectivity index (χ0) is 41.3. The quantitative estimate of drug-likeness (QED) is 0.112. The number of nitrogens with zero attached hydrogens (tertiary/aromatic N) is 3. The van der Waals surface area contributed by atoms with Crippen molar-refractivity contribution in [3.05, 3.63) is 157 Å². The van der Waals surface area contributed by atoms with Gasteiger partial charge in [-0.15, -0.1) is 0 Å². The van der Waals surface area contributed by atoms with E-state index in [1.54, 1.807) is 24.3 Å². The zero-order valence-electron chi connectivity index (χ0n) is 32.7. The van der Waals surface area contributed by atoms with Gasteiger partial charge in [0.15, 0.2) is 11.5 Å². The number of aryl methyl sites for hydroxylation is 3. The molecule has 10 rings (SSSR count). The molecule has 0 aliphatic rings. The Balaban J connectivity index is 1.28. The van der Waals surface area contributed by atoms with Crippen molar-refractivity contribution >= 4 is 74.6 Å². The molecule has 2 heterocycles. The van der Waals surface area contributed by atoms with Gasteiger partial charge < -0.3 is 17.9 Å². The van der Waals surface area contributed by atoms with Crippen molar-refractivity contribution < 1.29 is 25.2 Å². The second-order valence-corrected chi connectivity index (χ2v) is 17.9. The third-order valence-electron chi connectivity index (χ3n) is 10.9. The Hall–Kier alpha value is -7.02. The average Bonchev–Trinajstić information content (AvgIpc) is 3.87. The Morgan fingerprint density at radius 2 is 1.08 bits per heavy atom. The summed E-state index contributed by atoms with van der Waals surface area (Å²) < 4.78 is 71.0. The van der Waals surface area contributed by atoms with E-state index in [1.807, 2.05) is 110 Å². The molecular weight excluding hydrogens is 793 g/mol. The van der Waals surface area contributed by atoms with E-state index in [0.717, 1.165) is 49.0 Å². The van der Waals surface area contributed by atoms with Crippen LogP contribution < -0.4 is 8.37 Å². The Morgan fingerprint density at radius 1 is 0.567 bits per heavy atom. The molecule has 8 aromatic carbocycles. The third-order valence-corrected chi connectivity index (χ3v) is 13.4. The van der Waals surface area contributed by atoms with Crippen LogP contribution in [0.25, 0.3) is 77.2 Å². The highest BCUT2D eigenvalue weighted by molar-refractivity contribution is 7.87. The van der Waals surface area contributed by atoms with E-state index in [1.165, 1.54) is 36.4 Å². The van der Waals surface area contributed by atoms with Crippen LogP contribution in [0.3, 0.4) is 0 Å². The molecule has 0 fully saturated rings. The molecule has 296 valence electrons. The van der Waals surface area contributed by atoms with Crippen molar-refractivity contribution in [1.29, 1.82) is 0 Å². The summed E-state index contributed by atoms with van der Waals surface area (Å²) in [6.07, 6.45) is 0. The molecule has 0 saturated heterocycles. The Labute approximate surface area is 345 Å². The maximum atomic E-state index is 14.2. The van der Waals surface area contributed by atoms with Crippen LogP contribution >= 0.6 is 0 Å². The SMILES string of the molecule is CCn1c(-c2cc(OS(=O)(=O)c3ccc(C)cc3)c(-c3nc4c5ccccc5c5ccccc5c4[nH]3)cc2OS(=O)(=O)c2ccc(C)cc2)nc2ccc3ccccc3c21. The third kappa shape index (κ3) is 6.23. The largest absolute Gasteiger partial charge is 0.378 e. The number of hydrogen-bond donors (Lipinski definition) is 1. The predicted octanol–water partition coefficient (Wildman–Crippen LogP) is 10.9. The number of imidazole rings is 2. The fourth-order valence-electron chi connectivity index (χ4n) is 7.96. The van der Waals surface area contributed by atoms with E-state index in [9.17, 15) is 16.8 Å². The highest BCUT2D eigenvalue weighted by Gasteiger charge is 2.29. The number of rotatable bonds is 9. The molecule has 0 atom stereocenters. The van der Waals surface area contributed by atoms with Crippen LogP contribution in [-0.4, -0.2) is 36.4 Å². The molecule has 0 amide bonds. The lowest BCUT2D eigenvalue weighted by Gasteiger charge is -2.17. The van der Waals surface area contributed by atoms with Gasteiger partial charge in [-0.2, -0.15) is 16.8 Å². The summed E-state index contributed by atoms with van der Waals surface area (Å²) in [5, 5.41) is 5.72. The van der Waals surface area contributed by atoms with Crippen LogP contribution in [0, 0.1) is 13.8 Å². The van der Waals surface area contributed by atoms with Gasteiger partial charge in [0.25, 0.3) is 0 Å². The molecule has 1 N–H and O–H groups in total. The summed E-state index contributed by atoms with van der Waals surface area (Å²) in [6, 6.07) is 43.4. The van der Waals surface area contributed by atoms with Crippen molar-refractivity contribution in [2.24, 2.45) is 0 Å². The molecule has 10 nitrogen and oxygen atoms in total. The highest BCUT2D eigenvalue weighted by Crippen LogP contribution is 2.45. The van der Waals surface area contributed by atoms with E-state index in [0.29, 0.717) is 28.9 Å². The van der Waals surface area contributed by atoms with Crippen molar-refractivity contribution in [3.63, 3.8) is 0 Å². The van der Waals surface area contributed by atoms with Crippen molar-refractivity contribution in [1.82, 2.24) is 19.5 Å². The highest BCUT2D eigenvalue weighted by atomic mass is 32.2. The summed E-state index contributed by atoms with van der Waals surface area (Å²) in [7, 11) is -8.90. The van der Waals surface area contributed by atoms with Crippen LogP contribution in [0.5, 0.6) is 11.5 Å². The summed E-state index contributed by atoms with van der Waals surface area (Å²) in [4.78, 5) is 13.5. The number of fused-ring (bicyclic) bond motifs is 9. The molecule has 0 spiro atoms. The number of hydrogen-bond acceptors (Lipinski definition) is 8. The fourth-order valence-corrected chi connectivity index (χ4v) is 9.84. The smallest absolute Gasteiger partial charge is 0.339 e. The Kier molecular flexibility index (Phi) is 8.74. The van der Waals surface area contributed by atoms with Gasteiger partial charge in [0, 0.05) is 22.7 Å². The van der Waals surface area contributed by atoms with Crippen LogP contribution in [0.2, 0.25) is 0 Å². The van der Waals surface area contributed by atoms with Crippen molar-refractivity contribution in [2.45, 2.75) is 37.1 Å². The van der Waals surface area contributed by atoms with E-state index < -0.39 is 20.2 Å². The van der Waals surface area contributed by atoms with Gasteiger partial charge in [0.2, 0.25) is 0 Å². The molecule has 0 aliphatic carbocycles. The van der Waals surface area contributed by atoms with Gasteiger partial charge in [-0.25, -0.2) is 9.97 Å². The van der Waals surface area contributed by atoms with Crippen LogP contribution in [0.1, 0.15) is 18.1 Å². The average molecular weight is 829 g/mol. The van der Waals surface area contributed by atoms with Gasteiger partial charge in [0.05, 0.1) is 33.2 Å². The van der Waals surface area contributed by atoms with Gasteiger partial charge in [-0.3, -0.25) is 0 Å². The monoisotopic (exact) mass is 828 g/mol. The normalized spacial score (nSPS) is 12.2. The van der Waals surface area contributed by atoms with E-state index >= 15 is 0 Å². The first kappa shape index (κ1) is 37.3. The minimum absolute atomic E-state index is 0.0560. The molecule has 0 unspecified atom stereocenters. The fraction of sp³-hybridized carbons (Fsp3) is 0.0833. The summed E-state index contributed by atoms with van der Waals surface area (Å²) >= 11 is 0. The Morgan fingerprint density at radius 3 is 1.70 bits per heavy atom. The lowest BCUT2D eigenvalue weighted by Crippen LogP contribution is -2.13.